The lowest BCUT2D eigenvalue weighted by molar-refractivity contribution is -0.183. The summed E-state index contributed by atoms with van der Waals surface area (Å²) < 4.78 is 15.4. The highest BCUT2D eigenvalue weighted by Gasteiger charge is 2.65. The van der Waals surface area contributed by atoms with Crippen molar-refractivity contribution in [3.63, 3.8) is 0 Å². The first-order valence-electron chi connectivity index (χ1n) is 14.8. The van der Waals surface area contributed by atoms with Gasteiger partial charge in [0.25, 0.3) is 0 Å². The molecule has 0 saturated heterocycles. The van der Waals surface area contributed by atoms with Gasteiger partial charge in [-0.15, -0.1) is 0 Å². The number of alkyl halides is 3. The molecule has 2 N–H and O–H groups in total. The number of halogens is 3. The number of amides is 1. The van der Waals surface area contributed by atoms with Gasteiger partial charge in [0.05, 0.1) is 24.7 Å². The Morgan fingerprint density at radius 1 is 1.03 bits per heavy atom. The Morgan fingerprint density at radius 2 is 1.77 bits per heavy atom. The van der Waals surface area contributed by atoms with E-state index in [9.17, 15) is 14.7 Å². The molecule has 0 aromatic carbocycles. The van der Waals surface area contributed by atoms with Crippen LogP contribution in [0.2, 0.25) is 0 Å². The van der Waals surface area contributed by atoms with E-state index < -0.39 is 16.0 Å². The third-order valence-electron chi connectivity index (χ3n) is 10.7. The zero-order valence-corrected chi connectivity index (χ0v) is 26.0. The summed E-state index contributed by atoms with van der Waals surface area (Å²) in [5.41, 5.74) is -0.440. The van der Waals surface area contributed by atoms with E-state index in [1.54, 1.807) is 0 Å². The lowest BCUT2D eigenvalue weighted by Crippen LogP contribution is -2.64. The van der Waals surface area contributed by atoms with E-state index in [0.29, 0.717) is 43.8 Å². The molecule has 7 nitrogen and oxygen atoms in total. The topological polar surface area (TPSA) is 94.1 Å². The number of aliphatic hydroxyl groups is 1. The normalized spacial score (nSPS) is 41.6. The smallest absolute Gasteiger partial charge is 0.407 e. The summed E-state index contributed by atoms with van der Waals surface area (Å²) in [6.07, 6.45) is 6.59. The molecule has 0 bridgehead atoms. The van der Waals surface area contributed by atoms with Crippen LogP contribution in [0.5, 0.6) is 0 Å². The average Bonchev–Trinajstić information content (AvgIpc) is 3.20. The molecule has 4 aliphatic rings. The van der Waals surface area contributed by atoms with E-state index in [1.165, 1.54) is 0 Å². The lowest BCUT2D eigenvalue weighted by atomic mass is 9.43. The number of esters is 1. The van der Waals surface area contributed by atoms with E-state index in [1.807, 2.05) is 6.92 Å². The fourth-order valence-corrected chi connectivity index (χ4v) is 9.26. The first kappa shape index (κ1) is 31.5. The second-order valence-electron chi connectivity index (χ2n) is 12.9. The van der Waals surface area contributed by atoms with Crippen molar-refractivity contribution in [3.05, 3.63) is 0 Å². The summed E-state index contributed by atoms with van der Waals surface area (Å²) in [5.74, 6) is 0.830. The number of rotatable bonds is 8. The number of carbonyl (C=O) groups excluding carboxylic acids is 2. The Kier molecular flexibility index (Phi) is 10.0. The summed E-state index contributed by atoms with van der Waals surface area (Å²) in [5, 5.41) is 14.2. The summed E-state index contributed by atoms with van der Waals surface area (Å²) in [6.45, 7) is 9.15. The molecule has 39 heavy (non-hydrogen) atoms. The summed E-state index contributed by atoms with van der Waals surface area (Å²) in [6, 6.07) is -0.228. The fraction of sp³-hybridized carbons (Fsp3) is 0.931. The zero-order chi connectivity index (χ0) is 28.6. The SMILES string of the molecule is CCCCO[C@H]1C[C@@]2(C)[C@@H](CC[C@@H]3[C@@H]2[C@H](NC(=O)OCC(Cl)(Cl)Cl)C[C@]2(C)[C@@H](C(=O)OCC)CC[C@@H]32)C[C@@H]1O. The number of alkyl carbamates (subject to hydrolysis) is 1. The quantitative estimate of drug-likeness (QED) is 0.187. The molecule has 0 aliphatic heterocycles. The molecule has 0 spiro atoms. The highest BCUT2D eigenvalue weighted by atomic mass is 35.6. The Balaban J connectivity index is 1.65. The van der Waals surface area contributed by atoms with Gasteiger partial charge in [-0.1, -0.05) is 62.0 Å². The lowest BCUT2D eigenvalue weighted by Gasteiger charge is -2.63. The van der Waals surface area contributed by atoms with Gasteiger partial charge in [-0.05, 0) is 92.8 Å². The van der Waals surface area contributed by atoms with Crippen LogP contribution in [-0.2, 0) is 19.0 Å². The second kappa shape index (κ2) is 12.4. The molecule has 4 saturated carbocycles. The Labute approximate surface area is 248 Å². The summed E-state index contributed by atoms with van der Waals surface area (Å²) in [4.78, 5) is 26.1. The number of nitrogens with one attached hydrogen (secondary N) is 1. The van der Waals surface area contributed by atoms with Crippen molar-refractivity contribution in [1.82, 2.24) is 5.32 Å². The molecule has 4 fully saturated rings. The van der Waals surface area contributed by atoms with Crippen LogP contribution < -0.4 is 5.32 Å². The van der Waals surface area contributed by atoms with E-state index in [4.69, 9.17) is 49.0 Å². The molecule has 1 amide bonds. The maximum Gasteiger partial charge on any atom is 0.407 e. The van der Waals surface area contributed by atoms with Crippen molar-refractivity contribution in [3.8, 4) is 0 Å². The number of fused-ring (bicyclic) bond motifs is 5. The Hall–Kier alpha value is -0.470. The second-order valence-corrected chi connectivity index (χ2v) is 15.4. The van der Waals surface area contributed by atoms with Gasteiger partial charge in [-0.2, -0.15) is 0 Å². The van der Waals surface area contributed by atoms with Gasteiger partial charge in [0.1, 0.15) is 6.61 Å². The standard InChI is InChI=1S/C29H46Cl3NO6/c1-5-7-12-38-23-15-27(3)17(13-22(23)34)8-9-18-19-10-11-20(25(35)37-6-2)28(19,4)14-21(24(18)27)33-26(36)39-16-29(30,31)32/h17-24,34H,5-16H2,1-4H3,(H,33,36)/t17-,18-,19-,20+,21+,22-,23-,24+,27-,28-/m0/s1. The molecule has 4 aliphatic carbocycles. The molecule has 0 heterocycles. The zero-order valence-electron chi connectivity index (χ0n) is 23.7. The molecular weight excluding hydrogens is 565 g/mol. The third kappa shape index (κ3) is 6.48. The van der Waals surface area contributed by atoms with Gasteiger partial charge in [0, 0.05) is 12.6 Å². The van der Waals surface area contributed by atoms with E-state index >= 15 is 0 Å². The van der Waals surface area contributed by atoms with Crippen LogP contribution in [0.15, 0.2) is 0 Å². The number of aliphatic hydroxyl groups excluding tert-OH is 1. The van der Waals surface area contributed by atoms with E-state index in [-0.39, 0.29) is 47.4 Å². The Morgan fingerprint density at radius 3 is 2.44 bits per heavy atom. The van der Waals surface area contributed by atoms with Crippen molar-refractivity contribution >= 4 is 46.9 Å². The Bertz CT molecular complexity index is 886. The monoisotopic (exact) mass is 609 g/mol. The van der Waals surface area contributed by atoms with Crippen LogP contribution in [0, 0.1) is 40.4 Å². The number of carbonyl (C=O) groups is 2. The summed E-state index contributed by atoms with van der Waals surface area (Å²) in [7, 11) is 0. The van der Waals surface area contributed by atoms with E-state index in [2.05, 4.69) is 26.1 Å². The largest absolute Gasteiger partial charge is 0.466 e. The predicted molar refractivity (Wildman–Crippen MR) is 152 cm³/mol. The first-order chi connectivity index (χ1) is 18.3. The van der Waals surface area contributed by atoms with Gasteiger partial charge in [-0.3, -0.25) is 4.79 Å². The molecule has 224 valence electrons. The summed E-state index contributed by atoms with van der Waals surface area (Å²) >= 11 is 17.5. The highest BCUT2D eigenvalue weighted by molar-refractivity contribution is 6.67. The van der Waals surface area contributed by atoms with Gasteiger partial charge in [0.2, 0.25) is 3.79 Å². The van der Waals surface area contributed by atoms with Crippen LogP contribution in [0.25, 0.3) is 0 Å². The van der Waals surface area contributed by atoms with Crippen molar-refractivity contribution in [2.75, 3.05) is 19.8 Å². The maximum absolute atomic E-state index is 13.1. The van der Waals surface area contributed by atoms with Crippen LogP contribution >= 0.6 is 34.8 Å². The van der Waals surface area contributed by atoms with E-state index in [0.717, 1.165) is 44.9 Å². The predicted octanol–water partition coefficient (Wildman–Crippen LogP) is 6.44. The van der Waals surface area contributed by atoms with Crippen LogP contribution in [0.1, 0.15) is 85.5 Å². The van der Waals surface area contributed by atoms with Crippen molar-refractivity contribution in [2.24, 2.45) is 40.4 Å². The highest BCUT2D eigenvalue weighted by Crippen LogP contribution is 2.67. The van der Waals surface area contributed by atoms with Crippen LogP contribution in [0.3, 0.4) is 0 Å². The molecule has 10 atom stereocenters. The molecular formula is C29H46Cl3NO6. The van der Waals surface area contributed by atoms with Crippen molar-refractivity contribution < 1.29 is 28.9 Å². The number of hydrogen-bond acceptors (Lipinski definition) is 6. The minimum Gasteiger partial charge on any atom is -0.466 e. The minimum atomic E-state index is -1.70. The molecule has 4 rings (SSSR count). The number of hydrogen-bond donors (Lipinski definition) is 2. The molecule has 0 aromatic heterocycles. The van der Waals surface area contributed by atoms with Gasteiger partial charge in [-0.25, -0.2) is 4.79 Å². The first-order valence-corrected chi connectivity index (χ1v) is 15.9. The molecule has 0 aromatic rings. The van der Waals surface area contributed by atoms with Crippen molar-refractivity contribution in [1.29, 1.82) is 0 Å². The minimum absolute atomic E-state index is 0.136. The molecule has 0 radical (unpaired) electrons. The third-order valence-corrected chi connectivity index (χ3v) is 11.0. The number of ether oxygens (including phenoxy) is 3. The van der Waals surface area contributed by atoms with Gasteiger partial charge in [0.15, 0.2) is 0 Å². The number of unbranched alkanes of at least 4 members (excludes halogenated alkanes) is 1. The molecule has 10 heteroatoms. The van der Waals surface area contributed by atoms with Crippen LogP contribution in [-0.4, -0.2) is 59.0 Å². The maximum atomic E-state index is 13.1. The van der Waals surface area contributed by atoms with Crippen molar-refractivity contribution in [2.45, 2.75) is 108 Å². The van der Waals surface area contributed by atoms with Gasteiger partial charge >= 0.3 is 12.1 Å². The fourth-order valence-electron chi connectivity index (χ4n) is 9.10. The van der Waals surface area contributed by atoms with Gasteiger partial charge < -0.3 is 24.6 Å². The average molecular weight is 611 g/mol. The van der Waals surface area contributed by atoms with Crippen LogP contribution in [0.4, 0.5) is 4.79 Å². The molecule has 0 unspecified atom stereocenters.